The summed E-state index contributed by atoms with van der Waals surface area (Å²) in [5, 5.41) is 2.84. The Kier molecular flexibility index (Phi) is 5.77. The summed E-state index contributed by atoms with van der Waals surface area (Å²) in [7, 11) is 0. The van der Waals surface area contributed by atoms with Gasteiger partial charge in [0.15, 0.2) is 0 Å². The molecule has 0 saturated carbocycles. The van der Waals surface area contributed by atoms with Crippen LogP contribution in [-0.4, -0.2) is 49.5 Å². The molecule has 1 aliphatic rings. The predicted molar refractivity (Wildman–Crippen MR) is 61.8 cm³/mol. The van der Waals surface area contributed by atoms with Crippen LogP contribution in [0.3, 0.4) is 0 Å². The van der Waals surface area contributed by atoms with E-state index in [1.54, 1.807) is 0 Å². The number of alkyl halides is 2. The van der Waals surface area contributed by atoms with E-state index in [1.165, 1.54) is 0 Å². The van der Waals surface area contributed by atoms with Crippen molar-refractivity contribution in [1.29, 1.82) is 0 Å². The minimum absolute atomic E-state index is 0.0297. The molecule has 100 valence electrons. The fraction of sp³-hybridized carbons (Fsp3) is 0.909. The van der Waals surface area contributed by atoms with Gasteiger partial charge in [0, 0.05) is 19.1 Å². The van der Waals surface area contributed by atoms with E-state index in [0.29, 0.717) is 12.5 Å². The van der Waals surface area contributed by atoms with Crippen molar-refractivity contribution in [2.24, 2.45) is 11.7 Å². The van der Waals surface area contributed by atoms with Crippen LogP contribution in [0.5, 0.6) is 0 Å². The number of nitrogens with two attached hydrogens (primary N) is 1. The molecule has 17 heavy (non-hydrogen) atoms. The Morgan fingerprint density at radius 2 is 2.24 bits per heavy atom. The largest absolute Gasteiger partial charge is 0.369 e. The van der Waals surface area contributed by atoms with Crippen molar-refractivity contribution < 1.29 is 13.6 Å². The number of primary amides is 1. The van der Waals surface area contributed by atoms with Crippen LogP contribution in [0.1, 0.15) is 19.8 Å². The van der Waals surface area contributed by atoms with E-state index in [0.717, 1.165) is 19.4 Å². The Balaban J connectivity index is 2.44. The van der Waals surface area contributed by atoms with Gasteiger partial charge in [0.05, 0.1) is 13.1 Å². The summed E-state index contributed by atoms with van der Waals surface area (Å²) in [5.74, 6) is 0.0765. The fourth-order valence-electron chi connectivity index (χ4n) is 2.35. The second-order valence-electron chi connectivity index (χ2n) is 4.67. The summed E-state index contributed by atoms with van der Waals surface area (Å²) >= 11 is 0. The second kappa shape index (κ2) is 6.86. The average Bonchev–Trinajstić information content (AvgIpc) is 2.25. The molecule has 0 aliphatic carbocycles. The third kappa shape index (κ3) is 5.41. The number of hydrogen-bond acceptors (Lipinski definition) is 3. The molecule has 0 aromatic carbocycles. The lowest BCUT2D eigenvalue weighted by Gasteiger charge is -2.37. The van der Waals surface area contributed by atoms with Crippen molar-refractivity contribution in [2.75, 3.05) is 26.2 Å². The fourth-order valence-corrected chi connectivity index (χ4v) is 2.35. The van der Waals surface area contributed by atoms with E-state index >= 15 is 0 Å². The maximum Gasteiger partial charge on any atom is 0.250 e. The van der Waals surface area contributed by atoms with Crippen LogP contribution in [0.25, 0.3) is 0 Å². The van der Waals surface area contributed by atoms with Crippen molar-refractivity contribution in [1.82, 2.24) is 10.2 Å². The van der Waals surface area contributed by atoms with Crippen molar-refractivity contribution in [3.8, 4) is 0 Å². The number of halogens is 2. The first-order valence-corrected chi connectivity index (χ1v) is 6.03. The Bertz CT molecular complexity index is 251. The van der Waals surface area contributed by atoms with E-state index in [4.69, 9.17) is 5.73 Å². The third-order valence-electron chi connectivity index (χ3n) is 3.13. The number of likely N-dealkylation sites (tertiary alicyclic amines) is 1. The summed E-state index contributed by atoms with van der Waals surface area (Å²) in [6.45, 7) is 3.44. The highest BCUT2D eigenvalue weighted by atomic mass is 19.3. The number of rotatable bonds is 6. The Morgan fingerprint density at radius 3 is 2.76 bits per heavy atom. The second-order valence-corrected chi connectivity index (χ2v) is 4.67. The number of carbonyl (C=O) groups excluding carboxylic acids is 1. The molecule has 1 saturated heterocycles. The lowest BCUT2D eigenvalue weighted by atomic mass is 9.92. The topological polar surface area (TPSA) is 58.4 Å². The quantitative estimate of drug-likeness (QED) is 0.717. The zero-order chi connectivity index (χ0) is 12.8. The van der Waals surface area contributed by atoms with Crippen molar-refractivity contribution in [3.63, 3.8) is 0 Å². The van der Waals surface area contributed by atoms with Crippen LogP contribution in [0.4, 0.5) is 8.78 Å². The zero-order valence-corrected chi connectivity index (χ0v) is 10.2. The molecule has 0 radical (unpaired) electrons. The average molecular weight is 249 g/mol. The highest BCUT2D eigenvalue weighted by Crippen LogP contribution is 2.19. The van der Waals surface area contributed by atoms with Crippen LogP contribution in [-0.2, 0) is 4.79 Å². The molecule has 1 amide bonds. The summed E-state index contributed by atoms with van der Waals surface area (Å²) in [5.41, 5.74) is 5.16. The normalized spacial score (nSPS) is 26.4. The number of piperidine rings is 1. The van der Waals surface area contributed by atoms with Gasteiger partial charge in [0.25, 0.3) is 6.43 Å². The third-order valence-corrected chi connectivity index (χ3v) is 3.13. The van der Waals surface area contributed by atoms with Gasteiger partial charge < -0.3 is 11.1 Å². The summed E-state index contributed by atoms with van der Waals surface area (Å²) in [6, 6.07) is 0.0297. The molecule has 6 heteroatoms. The van der Waals surface area contributed by atoms with Crippen molar-refractivity contribution >= 4 is 5.91 Å². The van der Waals surface area contributed by atoms with E-state index in [9.17, 15) is 13.6 Å². The Labute approximate surface area is 101 Å². The molecule has 3 N–H and O–H groups in total. The van der Waals surface area contributed by atoms with Gasteiger partial charge in [0.1, 0.15) is 0 Å². The van der Waals surface area contributed by atoms with E-state index in [1.807, 2.05) is 4.90 Å². The number of carbonyl (C=O) groups is 1. The van der Waals surface area contributed by atoms with Crippen molar-refractivity contribution in [2.45, 2.75) is 32.2 Å². The van der Waals surface area contributed by atoms with Crippen molar-refractivity contribution in [3.05, 3.63) is 0 Å². The molecule has 0 bridgehead atoms. The number of nitrogens with one attached hydrogen (secondary N) is 1. The molecular formula is C11H21F2N3O. The monoisotopic (exact) mass is 249 g/mol. The molecule has 0 aromatic heterocycles. The van der Waals surface area contributed by atoms with Gasteiger partial charge >= 0.3 is 0 Å². The van der Waals surface area contributed by atoms with E-state index in [-0.39, 0.29) is 25.0 Å². The summed E-state index contributed by atoms with van der Waals surface area (Å²) in [4.78, 5) is 12.8. The van der Waals surface area contributed by atoms with Gasteiger partial charge in [-0.15, -0.1) is 0 Å². The SMILES string of the molecule is CCC1CC(NCC(F)F)CN(CC(N)=O)C1. The lowest BCUT2D eigenvalue weighted by molar-refractivity contribution is -0.119. The van der Waals surface area contributed by atoms with Gasteiger partial charge in [-0.3, -0.25) is 9.69 Å². The number of hydrogen-bond donors (Lipinski definition) is 2. The molecule has 0 aromatic rings. The van der Waals surface area contributed by atoms with Gasteiger partial charge in [-0.25, -0.2) is 8.78 Å². The highest BCUT2D eigenvalue weighted by molar-refractivity contribution is 5.75. The first-order chi connectivity index (χ1) is 8.01. The van der Waals surface area contributed by atoms with Gasteiger partial charge in [-0.2, -0.15) is 0 Å². The smallest absolute Gasteiger partial charge is 0.250 e. The van der Waals surface area contributed by atoms with Gasteiger partial charge in [-0.05, 0) is 12.3 Å². The molecule has 1 fully saturated rings. The molecular weight excluding hydrogens is 228 g/mol. The minimum atomic E-state index is -2.33. The first-order valence-electron chi connectivity index (χ1n) is 6.03. The first kappa shape index (κ1) is 14.3. The molecule has 1 rings (SSSR count). The van der Waals surface area contributed by atoms with Crippen LogP contribution in [0.2, 0.25) is 0 Å². The summed E-state index contributed by atoms with van der Waals surface area (Å²) < 4.78 is 24.3. The highest BCUT2D eigenvalue weighted by Gasteiger charge is 2.27. The molecule has 4 nitrogen and oxygen atoms in total. The molecule has 0 spiro atoms. The summed E-state index contributed by atoms with van der Waals surface area (Å²) in [6.07, 6.45) is -0.456. The molecule has 2 atom stereocenters. The Morgan fingerprint density at radius 1 is 1.53 bits per heavy atom. The van der Waals surface area contributed by atoms with E-state index in [2.05, 4.69) is 12.2 Å². The predicted octanol–water partition coefficient (Wildman–Crippen LogP) is 0.427. The lowest BCUT2D eigenvalue weighted by Crippen LogP contribution is -2.51. The van der Waals surface area contributed by atoms with Gasteiger partial charge in [0.2, 0.25) is 5.91 Å². The zero-order valence-electron chi connectivity index (χ0n) is 10.2. The van der Waals surface area contributed by atoms with Crippen LogP contribution < -0.4 is 11.1 Å². The Hall–Kier alpha value is -0.750. The number of nitrogens with zero attached hydrogens (tertiary/aromatic N) is 1. The van der Waals surface area contributed by atoms with Crippen LogP contribution in [0, 0.1) is 5.92 Å². The van der Waals surface area contributed by atoms with Crippen LogP contribution >= 0.6 is 0 Å². The number of amides is 1. The minimum Gasteiger partial charge on any atom is -0.369 e. The molecule has 1 heterocycles. The molecule has 1 aliphatic heterocycles. The molecule has 2 unspecified atom stereocenters. The maximum atomic E-state index is 12.1. The van der Waals surface area contributed by atoms with Gasteiger partial charge in [-0.1, -0.05) is 13.3 Å². The van der Waals surface area contributed by atoms with Crippen LogP contribution in [0.15, 0.2) is 0 Å². The standard InChI is InChI=1S/C11H21F2N3O/c1-2-8-3-9(15-4-10(12)13)6-16(5-8)7-11(14)17/h8-10,15H,2-7H2,1H3,(H2,14,17). The van der Waals surface area contributed by atoms with E-state index < -0.39 is 6.43 Å². The maximum absolute atomic E-state index is 12.1.